The maximum Gasteiger partial charge on any atom is 0.158 e. The van der Waals surface area contributed by atoms with Gasteiger partial charge in [-0.2, -0.15) is 0 Å². The van der Waals surface area contributed by atoms with E-state index in [0.717, 1.165) is 44.9 Å². The molecule has 0 saturated heterocycles. The lowest BCUT2D eigenvalue weighted by Crippen LogP contribution is -2.07. The Balaban J connectivity index is 4.88. The van der Waals surface area contributed by atoms with E-state index in [-0.39, 0.29) is 0 Å². The Morgan fingerprint density at radius 3 is 1.79 bits per heavy atom. The fraction of sp³-hybridized carbons (Fsp3) is 0.833. The summed E-state index contributed by atoms with van der Waals surface area (Å²) < 4.78 is 0. The zero-order valence-electron chi connectivity index (χ0n) is 13.7. The van der Waals surface area contributed by atoms with Crippen molar-refractivity contribution in [2.75, 3.05) is 0 Å². The average molecular weight is 266 g/mol. The van der Waals surface area contributed by atoms with E-state index in [0.29, 0.717) is 5.78 Å². The average Bonchev–Trinajstić information content (AvgIpc) is 2.39. The van der Waals surface area contributed by atoms with Gasteiger partial charge < -0.3 is 0 Å². The zero-order valence-corrected chi connectivity index (χ0v) is 13.7. The van der Waals surface area contributed by atoms with E-state index in [1.807, 2.05) is 0 Å². The van der Waals surface area contributed by atoms with Crippen LogP contribution in [0.25, 0.3) is 0 Å². The first-order valence-corrected chi connectivity index (χ1v) is 8.45. The second kappa shape index (κ2) is 12.4. The molecule has 0 bridgehead atoms. The Morgan fingerprint density at radius 1 is 0.632 bits per heavy atom. The van der Waals surface area contributed by atoms with Crippen LogP contribution in [0.1, 0.15) is 98.3 Å². The van der Waals surface area contributed by atoms with Gasteiger partial charge in [-0.15, -0.1) is 0 Å². The first kappa shape index (κ1) is 18.4. The number of hydrogen-bond acceptors (Lipinski definition) is 1. The van der Waals surface area contributed by atoms with Crippen molar-refractivity contribution in [3.8, 4) is 0 Å². The van der Waals surface area contributed by atoms with Crippen LogP contribution in [0.2, 0.25) is 0 Å². The number of carbonyl (C=O) groups is 1. The molecule has 0 spiro atoms. The lowest BCUT2D eigenvalue weighted by molar-refractivity contribution is -0.115. The minimum Gasteiger partial charge on any atom is -0.295 e. The topological polar surface area (TPSA) is 17.1 Å². The molecule has 19 heavy (non-hydrogen) atoms. The van der Waals surface area contributed by atoms with E-state index in [1.54, 1.807) is 0 Å². The fourth-order valence-electron chi connectivity index (χ4n) is 2.56. The molecule has 1 nitrogen and oxygen atoms in total. The van der Waals surface area contributed by atoms with Gasteiger partial charge >= 0.3 is 0 Å². The zero-order chi connectivity index (χ0) is 14.5. The van der Waals surface area contributed by atoms with Crippen LogP contribution in [-0.4, -0.2) is 5.78 Å². The molecule has 0 aromatic heterocycles. The summed E-state index contributed by atoms with van der Waals surface area (Å²) in [4.78, 5) is 12.3. The molecular formula is C18H34O. The maximum atomic E-state index is 12.3. The molecule has 0 unspecified atom stereocenters. The number of unbranched alkanes of at least 4 members (excludes halogenated alkanes) is 3. The smallest absolute Gasteiger partial charge is 0.158 e. The Labute approximate surface area is 120 Å². The van der Waals surface area contributed by atoms with Gasteiger partial charge in [0.2, 0.25) is 0 Å². The first-order chi connectivity index (χ1) is 9.21. The van der Waals surface area contributed by atoms with Gasteiger partial charge in [0.25, 0.3) is 0 Å². The van der Waals surface area contributed by atoms with E-state index in [2.05, 4.69) is 27.7 Å². The molecule has 0 rings (SSSR count). The number of hydrogen-bond donors (Lipinski definition) is 0. The van der Waals surface area contributed by atoms with Crippen molar-refractivity contribution in [1.29, 1.82) is 0 Å². The minimum absolute atomic E-state index is 0.427. The van der Waals surface area contributed by atoms with Gasteiger partial charge in [-0.1, -0.05) is 59.0 Å². The molecule has 0 aliphatic carbocycles. The molecule has 0 amide bonds. The van der Waals surface area contributed by atoms with Crippen molar-refractivity contribution in [2.45, 2.75) is 98.3 Å². The summed E-state index contributed by atoms with van der Waals surface area (Å²) in [6, 6.07) is 0. The van der Waals surface area contributed by atoms with E-state index >= 15 is 0 Å². The highest BCUT2D eigenvalue weighted by atomic mass is 16.1. The van der Waals surface area contributed by atoms with Gasteiger partial charge in [0, 0.05) is 6.42 Å². The Bertz CT molecular complexity index is 263. The monoisotopic (exact) mass is 266 g/mol. The van der Waals surface area contributed by atoms with E-state index in [4.69, 9.17) is 0 Å². The Hall–Kier alpha value is -0.590. The van der Waals surface area contributed by atoms with Gasteiger partial charge in [0.15, 0.2) is 5.78 Å². The third-order valence-corrected chi connectivity index (χ3v) is 3.65. The molecule has 0 fully saturated rings. The van der Waals surface area contributed by atoms with Crippen molar-refractivity contribution in [3.63, 3.8) is 0 Å². The molecule has 112 valence electrons. The van der Waals surface area contributed by atoms with Gasteiger partial charge in [0.1, 0.15) is 0 Å². The summed E-state index contributed by atoms with van der Waals surface area (Å²) in [7, 11) is 0. The third-order valence-electron chi connectivity index (χ3n) is 3.65. The summed E-state index contributed by atoms with van der Waals surface area (Å²) in [6.45, 7) is 8.77. The second-order valence-electron chi connectivity index (χ2n) is 5.57. The van der Waals surface area contributed by atoms with Crippen molar-refractivity contribution < 1.29 is 4.79 Å². The standard InChI is InChI=1S/C18H34O/c1-5-9-11-14-16(12-7-3)17(15-10-6-2)18(19)13-8-4/h5-15H2,1-4H3/b17-16+. The molecule has 0 aliphatic heterocycles. The van der Waals surface area contributed by atoms with Crippen LogP contribution in [0, 0.1) is 0 Å². The van der Waals surface area contributed by atoms with Crippen molar-refractivity contribution >= 4 is 5.78 Å². The van der Waals surface area contributed by atoms with Crippen LogP contribution in [0.5, 0.6) is 0 Å². The number of rotatable bonds is 12. The van der Waals surface area contributed by atoms with Crippen molar-refractivity contribution in [2.24, 2.45) is 0 Å². The van der Waals surface area contributed by atoms with Gasteiger partial charge in [-0.05, 0) is 44.1 Å². The normalized spacial score (nSPS) is 12.4. The van der Waals surface area contributed by atoms with Crippen LogP contribution in [-0.2, 0) is 4.79 Å². The maximum absolute atomic E-state index is 12.3. The molecule has 0 aromatic carbocycles. The molecule has 0 saturated carbocycles. The van der Waals surface area contributed by atoms with Gasteiger partial charge in [-0.25, -0.2) is 0 Å². The molecule has 0 N–H and O–H groups in total. The molecule has 0 atom stereocenters. The molecule has 0 aromatic rings. The van der Waals surface area contributed by atoms with E-state index in [9.17, 15) is 4.79 Å². The van der Waals surface area contributed by atoms with Crippen molar-refractivity contribution in [1.82, 2.24) is 0 Å². The molecule has 1 heteroatoms. The largest absolute Gasteiger partial charge is 0.295 e. The second-order valence-corrected chi connectivity index (χ2v) is 5.57. The lowest BCUT2D eigenvalue weighted by atomic mass is 9.90. The summed E-state index contributed by atoms with van der Waals surface area (Å²) in [5.74, 6) is 0.427. The van der Waals surface area contributed by atoms with Crippen LogP contribution in [0.15, 0.2) is 11.1 Å². The number of ketones is 1. The van der Waals surface area contributed by atoms with Gasteiger partial charge in [0.05, 0.1) is 0 Å². The molecular weight excluding hydrogens is 232 g/mol. The van der Waals surface area contributed by atoms with Gasteiger partial charge in [-0.3, -0.25) is 4.79 Å². The molecule has 0 heterocycles. The summed E-state index contributed by atoms with van der Waals surface area (Å²) >= 11 is 0. The highest BCUT2D eigenvalue weighted by molar-refractivity contribution is 5.96. The minimum atomic E-state index is 0.427. The predicted molar refractivity (Wildman–Crippen MR) is 85.5 cm³/mol. The Kier molecular flexibility index (Phi) is 12.1. The summed E-state index contributed by atoms with van der Waals surface area (Å²) in [5, 5.41) is 0. The summed E-state index contributed by atoms with van der Waals surface area (Å²) in [6.07, 6.45) is 12.3. The van der Waals surface area contributed by atoms with Crippen LogP contribution in [0.4, 0.5) is 0 Å². The fourth-order valence-corrected chi connectivity index (χ4v) is 2.56. The highest BCUT2D eigenvalue weighted by Gasteiger charge is 2.13. The van der Waals surface area contributed by atoms with Crippen molar-refractivity contribution in [3.05, 3.63) is 11.1 Å². The molecule has 0 aliphatic rings. The Morgan fingerprint density at radius 2 is 1.26 bits per heavy atom. The van der Waals surface area contributed by atoms with Crippen LogP contribution < -0.4 is 0 Å². The number of carbonyl (C=O) groups excluding carboxylic acids is 1. The lowest BCUT2D eigenvalue weighted by Gasteiger charge is -2.14. The van der Waals surface area contributed by atoms with E-state index < -0.39 is 0 Å². The predicted octanol–water partition coefficient (Wildman–Crippen LogP) is 6.22. The quantitative estimate of drug-likeness (QED) is 0.302. The third kappa shape index (κ3) is 8.23. The van der Waals surface area contributed by atoms with Crippen LogP contribution in [0.3, 0.4) is 0 Å². The molecule has 0 radical (unpaired) electrons. The summed E-state index contributed by atoms with van der Waals surface area (Å²) in [5.41, 5.74) is 2.67. The first-order valence-electron chi connectivity index (χ1n) is 8.45. The number of Topliss-reactive ketones (excluding diaryl/α,β-unsaturated/α-hetero) is 1. The van der Waals surface area contributed by atoms with E-state index in [1.165, 1.54) is 36.8 Å². The highest BCUT2D eigenvalue weighted by Crippen LogP contribution is 2.24. The van der Waals surface area contributed by atoms with Crippen LogP contribution >= 0.6 is 0 Å². The SMILES string of the molecule is CCCCC/C(CCC)=C(\CCCC)C(=O)CCC. The number of allylic oxidation sites excluding steroid dienone is 2.